The zero-order valence-corrected chi connectivity index (χ0v) is 22.0. The molecule has 1 spiro atoms. The molecule has 11 heteroatoms. The Bertz CT molecular complexity index is 1020. The van der Waals surface area contributed by atoms with Crippen molar-refractivity contribution < 1.29 is 53.1 Å². The molecule has 2 aliphatic carbocycles. The molecule has 10 atom stereocenters. The number of epoxide rings is 1. The van der Waals surface area contributed by atoms with E-state index < -0.39 is 82.8 Å². The predicted molar refractivity (Wildman–Crippen MR) is 125 cm³/mol. The predicted octanol–water partition coefficient (Wildman–Crippen LogP) is 0.970. The lowest BCUT2D eigenvalue weighted by atomic mass is 9.52. The minimum absolute atomic E-state index is 0.0792. The van der Waals surface area contributed by atoms with Crippen LogP contribution in [0.25, 0.3) is 0 Å². The molecular formula is C26H36O11. The van der Waals surface area contributed by atoms with Gasteiger partial charge in [0.2, 0.25) is 0 Å². The molecule has 2 N–H and O–H groups in total. The summed E-state index contributed by atoms with van der Waals surface area (Å²) in [5, 5.41) is 23.5. The summed E-state index contributed by atoms with van der Waals surface area (Å²) in [5.74, 6) is -4.63. The lowest BCUT2D eigenvalue weighted by Crippen LogP contribution is -2.69. The molecule has 206 valence electrons. The smallest absolute Gasteiger partial charge is 0.312 e. The number of carbonyl (C=O) groups is 4. The summed E-state index contributed by atoms with van der Waals surface area (Å²) in [4.78, 5) is 49.8. The first-order valence-corrected chi connectivity index (χ1v) is 12.6. The van der Waals surface area contributed by atoms with E-state index in [1.165, 1.54) is 33.8 Å². The van der Waals surface area contributed by atoms with Gasteiger partial charge in [0.25, 0.3) is 0 Å². The molecule has 2 aliphatic heterocycles. The van der Waals surface area contributed by atoms with Gasteiger partial charge in [0.05, 0.1) is 29.6 Å². The van der Waals surface area contributed by atoms with Crippen molar-refractivity contribution in [2.75, 3.05) is 6.61 Å². The van der Waals surface area contributed by atoms with Crippen LogP contribution >= 0.6 is 0 Å². The maximum Gasteiger partial charge on any atom is 0.312 e. The SMILES string of the molecule is CC(=O)O[C@H]1CC[C@]2(CO2)[C@@H]2[C@H](OC(C)=O)[C@@]3(O)[C@H](/C=C(/C)[C@H](O)C[C@H](OC(C)=O)[C@@]12C)OC(=O)[C@@H]3C. The molecule has 2 saturated heterocycles. The Morgan fingerprint density at radius 2 is 1.62 bits per heavy atom. The quantitative estimate of drug-likeness (QED) is 0.234. The number of carbonyl (C=O) groups excluding carboxylic acids is 4. The first kappa shape index (κ1) is 27.5. The molecular weight excluding hydrogens is 488 g/mol. The maximum absolute atomic E-state index is 12.8. The van der Waals surface area contributed by atoms with Gasteiger partial charge in [0.1, 0.15) is 18.3 Å². The third-order valence-electron chi connectivity index (χ3n) is 8.76. The fraction of sp³-hybridized carbons (Fsp3) is 0.769. The topological polar surface area (TPSA) is 158 Å². The van der Waals surface area contributed by atoms with E-state index in [4.69, 9.17) is 23.7 Å². The summed E-state index contributed by atoms with van der Waals surface area (Å²) in [7, 11) is 0. The van der Waals surface area contributed by atoms with Crippen LogP contribution in [0.1, 0.15) is 60.8 Å². The number of aliphatic hydroxyl groups excluding tert-OH is 1. The minimum Gasteiger partial charge on any atom is -0.462 e. The number of hydrogen-bond donors (Lipinski definition) is 2. The van der Waals surface area contributed by atoms with Gasteiger partial charge in [-0.3, -0.25) is 19.2 Å². The second-order valence-electron chi connectivity index (χ2n) is 11.1. The van der Waals surface area contributed by atoms with Crippen LogP contribution in [0.4, 0.5) is 0 Å². The van der Waals surface area contributed by atoms with Crippen LogP contribution in [0.5, 0.6) is 0 Å². The van der Waals surface area contributed by atoms with Crippen molar-refractivity contribution in [3.8, 4) is 0 Å². The van der Waals surface area contributed by atoms with Crippen molar-refractivity contribution in [1.29, 1.82) is 0 Å². The first-order valence-electron chi connectivity index (χ1n) is 12.6. The highest BCUT2D eigenvalue weighted by Crippen LogP contribution is 2.62. The first-order chi connectivity index (χ1) is 17.2. The van der Waals surface area contributed by atoms with Gasteiger partial charge in [-0.1, -0.05) is 6.92 Å². The molecule has 11 nitrogen and oxygen atoms in total. The van der Waals surface area contributed by atoms with Crippen molar-refractivity contribution in [1.82, 2.24) is 0 Å². The average Bonchev–Trinajstić information content (AvgIpc) is 3.52. The molecule has 0 amide bonds. The second-order valence-corrected chi connectivity index (χ2v) is 11.1. The van der Waals surface area contributed by atoms with Gasteiger partial charge in [0, 0.05) is 33.1 Å². The van der Waals surface area contributed by atoms with Crippen molar-refractivity contribution in [3.63, 3.8) is 0 Å². The van der Waals surface area contributed by atoms with Crippen LogP contribution in [0.3, 0.4) is 0 Å². The molecule has 1 saturated carbocycles. The highest BCUT2D eigenvalue weighted by Gasteiger charge is 2.75. The van der Waals surface area contributed by atoms with E-state index in [9.17, 15) is 29.4 Å². The van der Waals surface area contributed by atoms with E-state index in [1.807, 2.05) is 0 Å². The van der Waals surface area contributed by atoms with E-state index in [-0.39, 0.29) is 13.0 Å². The van der Waals surface area contributed by atoms with Crippen molar-refractivity contribution in [2.45, 2.75) is 103 Å². The molecule has 4 rings (SSSR count). The Kier molecular flexibility index (Phi) is 6.96. The number of rotatable bonds is 3. The zero-order chi connectivity index (χ0) is 27.5. The highest BCUT2D eigenvalue weighted by atomic mass is 16.6. The molecule has 0 aromatic carbocycles. The Labute approximate surface area is 215 Å². The fourth-order valence-electron chi connectivity index (χ4n) is 6.73. The molecule has 0 radical (unpaired) electrons. The third-order valence-corrected chi connectivity index (χ3v) is 8.76. The van der Waals surface area contributed by atoms with Gasteiger partial charge in [0.15, 0.2) is 11.7 Å². The van der Waals surface area contributed by atoms with E-state index in [0.717, 1.165) is 0 Å². The van der Waals surface area contributed by atoms with Gasteiger partial charge in [-0.2, -0.15) is 0 Å². The normalized spacial score (nSPS) is 46.4. The van der Waals surface area contributed by atoms with Gasteiger partial charge in [-0.05, 0) is 38.3 Å². The van der Waals surface area contributed by atoms with Crippen molar-refractivity contribution in [2.24, 2.45) is 17.3 Å². The molecule has 0 aromatic heterocycles. The lowest BCUT2D eigenvalue weighted by molar-refractivity contribution is -0.243. The number of aliphatic hydroxyl groups is 2. The Balaban J connectivity index is 2.03. The van der Waals surface area contributed by atoms with E-state index in [1.54, 1.807) is 13.8 Å². The standard InChI is InChI=1S/C26H36O11/c1-12-9-20-26(32,13(2)23(31)37-20)22(36-16(5)29)21-24(6,19(10-17(12)30)35-15(4)28)18(34-14(3)27)7-8-25(21)11-33-25/h9,13,17-22,30,32H,7-8,10-11H2,1-6H3/b12-9-/t13-,17+,18-,19-,20-,21+,22-,24+,25-,26-/m0/s1. The van der Waals surface area contributed by atoms with Crippen LogP contribution < -0.4 is 0 Å². The summed E-state index contributed by atoms with van der Waals surface area (Å²) in [6.07, 6.45) is -3.54. The van der Waals surface area contributed by atoms with Crippen molar-refractivity contribution in [3.05, 3.63) is 11.6 Å². The minimum atomic E-state index is -2.06. The Morgan fingerprint density at radius 1 is 1.05 bits per heavy atom. The maximum atomic E-state index is 12.8. The van der Waals surface area contributed by atoms with Gasteiger partial charge in [-0.15, -0.1) is 0 Å². The van der Waals surface area contributed by atoms with Crippen molar-refractivity contribution >= 4 is 23.9 Å². The lowest BCUT2D eigenvalue weighted by Gasteiger charge is -2.57. The van der Waals surface area contributed by atoms with Crippen LogP contribution in [-0.2, 0) is 42.9 Å². The summed E-state index contributed by atoms with van der Waals surface area (Å²) in [6, 6.07) is 0. The van der Waals surface area contributed by atoms with Gasteiger partial charge >= 0.3 is 23.9 Å². The summed E-state index contributed by atoms with van der Waals surface area (Å²) >= 11 is 0. The summed E-state index contributed by atoms with van der Waals surface area (Å²) in [6.45, 7) is 8.76. The number of hydrogen-bond acceptors (Lipinski definition) is 11. The number of ether oxygens (including phenoxy) is 5. The van der Waals surface area contributed by atoms with Gasteiger partial charge in [-0.25, -0.2) is 0 Å². The van der Waals surface area contributed by atoms with Crippen LogP contribution in [-0.4, -0.2) is 82.4 Å². The zero-order valence-electron chi connectivity index (χ0n) is 22.0. The fourth-order valence-corrected chi connectivity index (χ4v) is 6.73. The molecule has 4 aliphatic rings. The monoisotopic (exact) mass is 524 g/mol. The largest absolute Gasteiger partial charge is 0.462 e. The summed E-state index contributed by atoms with van der Waals surface area (Å²) < 4.78 is 29.0. The third kappa shape index (κ3) is 4.44. The number of esters is 4. The molecule has 0 aromatic rings. The average molecular weight is 525 g/mol. The number of fused-ring (bicyclic) bond motifs is 3. The van der Waals surface area contributed by atoms with E-state index >= 15 is 0 Å². The summed E-state index contributed by atoms with van der Waals surface area (Å²) in [5.41, 5.74) is -3.93. The Hall–Kier alpha value is -2.50. The molecule has 2 heterocycles. The van der Waals surface area contributed by atoms with Crippen LogP contribution in [0.15, 0.2) is 11.6 Å². The van der Waals surface area contributed by atoms with Crippen LogP contribution in [0, 0.1) is 17.3 Å². The second kappa shape index (κ2) is 9.36. The molecule has 0 unspecified atom stereocenters. The highest BCUT2D eigenvalue weighted by molar-refractivity contribution is 5.77. The Morgan fingerprint density at radius 3 is 2.16 bits per heavy atom. The van der Waals surface area contributed by atoms with E-state index in [2.05, 4.69) is 0 Å². The molecule has 0 bridgehead atoms. The van der Waals surface area contributed by atoms with Crippen LogP contribution in [0.2, 0.25) is 0 Å². The molecule has 37 heavy (non-hydrogen) atoms. The molecule has 3 fully saturated rings. The van der Waals surface area contributed by atoms with E-state index in [0.29, 0.717) is 18.4 Å². The van der Waals surface area contributed by atoms with Gasteiger partial charge < -0.3 is 33.9 Å².